The van der Waals surface area contributed by atoms with Crippen LogP contribution in [0.1, 0.15) is 32.6 Å². The summed E-state index contributed by atoms with van der Waals surface area (Å²) in [6.07, 6.45) is 4.40. The van der Waals surface area contributed by atoms with Gasteiger partial charge >= 0.3 is 0 Å². The summed E-state index contributed by atoms with van der Waals surface area (Å²) in [7, 11) is 0. The van der Waals surface area contributed by atoms with Gasteiger partial charge in [0.25, 0.3) is 0 Å². The van der Waals surface area contributed by atoms with Crippen molar-refractivity contribution in [3.05, 3.63) is 0 Å². The second-order valence-corrected chi connectivity index (χ2v) is 6.54. The van der Waals surface area contributed by atoms with Crippen molar-refractivity contribution in [2.24, 2.45) is 0 Å². The van der Waals surface area contributed by atoms with Gasteiger partial charge in [-0.25, -0.2) is 0 Å². The summed E-state index contributed by atoms with van der Waals surface area (Å²) in [6.45, 7) is 3.00. The Kier molecular flexibility index (Phi) is 3.51. The van der Waals surface area contributed by atoms with Crippen molar-refractivity contribution in [1.82, 2.24) is 4.90 Å². The molecule has 0 aromatic rings. The van der Waals surface area contributed by atoms with Crippen LogP contribution >= 0.6 is 23.4 Å². The number of likely N-dealkylation sites (tertiary alicyclic amines) is 1. The first-order chi connectivity index (χ1) is 7.17. The number of alkyl halides is 1. The zero-order valence-corrected chi connectivity index (χ0v) is 10.7. The van der Waals surface area contributed by atoms with E-state index < -0.39 is 0 Å². The van der Waals surface area contributed by atoms with Crippen LogP contribution in [0.15, 0.2) is 0 Å². The fourth-order valence-corrected chi connectivity index (χ4v) is 4.10. The van der Waals surface area contributed by atoms with E-state index in [4.69, 9.17) is 11.6 Å². The van der Waals surface area contributed by atoms with Gasteiger partial charge in [-0.3, -0.25) is 4.79 Å². The molecule has 2 aliphatic heterocycles. The number of carbonyl (C=O) groups excluding carboxylic acids is 1. The summed E-state index contributed by atoms with van der Waals surface area (Å²) >= 11 is 7.72. The van der Waals surface area contributed by atoms with Crippen LogP contribution in [-0.2, 0) is 4.79 Å². The largest absolute Gasteiger partial charge is 0.337 e. The summed E-state index contributed by atoms with van der Waals surface area (Å²) in [4.78, 5) is 14.4. The molecule has 2 heterocycles. The molecule has 1 amide bonds. The maximum absolute atomic E-state index is 12.4. The molecule has 2 nitrogen and oxygen atoms in total. The number of nitrogens with zero attached hydrogens (tertiary/aromatic N) is 1. The molecule has 86 valence electrons. The molecule has 0 saturated carbocycles. The molecule has 15 heavy (non-hydrogen) atoms. The Morgan fingerprint density at radius 2 is 2.40 bits per heavy atom. The van der Waals surface area contributed by atoms with E-state index in [-0.39, 0.29) is 10.8 Å². The average Bonchev–Trinajstić information content (AvgIpc) is 2.85. The maximum atomic E-state index is 12.4. The van der Waals surface area contributed by atoms with Crippen LogP contribution in [0.2, 0.25) is 0 Å². The van der Waals surface area contributed by atoms with Crippen LogP contribution in [0.5, 0.6) is 0 Å². The molecule has 4 heteroatoms. The number of carbonyl (C=O) groups is 1. The van der Waals surface area contributed by atoms with Crippen molar-refractivity contribution >= 4 is 29.3 Å². The van der Waals surface area contributed by atoms with Crippen LogP contribution in [0.25, 0.3) is 0 Å². The van der Waals surface area contributed by atoms with Gasteiger partial charge in [0.2, 0.25) is 5.91 Å². The number of hydrogen-bond acceptors (Lipinski definition) is 2. The molecule has 0 bridgehead atoms. The van der Waals surface area contributed by atoms with Gasteiger partial charge in [0, 0.05) is 18.5 Å². The van der Waals surface area contributed by atoms with Crippen LogP contribution < -0.4 is 0 Å². The Morgan fingerprint density at radius 3 is 3.00 bits per heavy atom. The Morgan fingerprint density at radius 1 is 1.60 bits per heavy atom. The Hall–Kier alpha value is 0.110. The summed E-state index contributed by atoms with van der Waals surface area (Å²) in [5.41, 5.74) is 0. The zero-order valence-electron chi connectivity index (χ0n) is 9.17. The first-order valence-corrected chi connectivity index (χ1v) is 7.20. The lowest BCUT2D eigenvalue weighted by molar-refractivity contribution is -0.133. The van der Waals surface area contributed by atoms with E-state index >= 15 is 0 Å². The normalized spacial score (nSPS) is 36.1. The molecule has 0 aromatic carbocycles. The minimum Gasteiger partial charge on any atom is -0.337 e. The molecule has 2 aliphatic rings. The fourth-order valence-electron chi connectivity index (χ4n) is 2.52. The molecule has 0 N–H and O–H groups in total. The van der Waals surface area contributed by atoms with Gasteiger partial charge < -0.3 is 4.90 Å². The third kappa shape index (κ3) is 2.14. The second-order valence-electron chi connectivity index (χ2n) is 4.63. The molecule has 2 fully saturated rings. The summed E-state index contributed by atoms with van der Waals surface area (Å²) in [6, 6.07) is 0.289. The first kappa shape index (κ1) is 11.6. The molecule has 2 rings (SSSR count). The number of hydrogen-bond donors (Lipinski definition) is 0. The minimum absolute atomic E-state index is 0.158. The third-order valence-electron chi connectivity index (χ3n) is 3.49. The van der Waals surface area contributed by atoms with E-state index in [0.717, 1.165) is 31.6 Å². The molecule has 0 spiro atoms. The average molecular weight is 248 g/mol. The van der Waals surface area contributed by atoms with E-state index in [2.05, 4.69) is 6.92 Å². The predicted octanol–water partition coefficient (Wildman–Crippen LogP) is 2.50. The SMILES string of the molecule is CC1(C(=O)N2CCC[C@H]2CCl)CCCS1. The highest BCUT2D eigenvalue weighted by atomic mass is 35.5. The van der Waals surface area contributed by atoms with Gasteiger partial charge in [-0.05, 0) is 38.4 Å². The highest BCUT2D eigenvalue weighted by molar-refractivity contribution is 8.01. The number of amides is 1. The lowest BCUT2D eigenvalue weighted by Crippen LogP contribution is -2.46. The molecule has 2 saturated heterocycles. The van der Waals surface area contributed by atoms with Gasteiger partial charge in [-0.2, -0.15) is 0 Å². The van der Waals surface area contributed by atoms with Gasteiger partial charge in [0.15, 0.2) is 0 Å². The molecule has 1 unspecified atom stereocenters. The molecule has 0 aromatic heterocycles. The minimum atomic E-state index is -0.158. The highest BCUT2D eigenvalue weighted by Crippen LogP contribution is 2.40. The van der Waals surface area contributed by atoms with Crippen LogP contribution in [0.3, 0.4) is 0 Å². The van der Waals surface area contributed by atoms with E-state index in [1.807, 2.05) is 16.7 Å². The van der Waals surface area contributed by atoms with Gasteiger partial charge in [-0.1, -0.05) is 0 Å². The third-order valence-corrected chi connectivity index (χ3v) is 5.35. The van der Waals surface area contributed by atoms with Crippen LogP contribution in [0, 0.1) is 0 Å². The number of thioether (sulfide) groups is 1. The quantitative estimate of drug-likeness (QED) is 0.699. The Balaban J connectivity index is 2.06. The van der Waals surface area contributed by atoms with Crippen LogP contribution in [0.4, 0.5) is 0 Å². The zero-order chi connectivity index (χ0) is 10.9. The molecule has 0 aliphatic carbocycles. The predicted molar refractivity (Wildman–Crippen MR) is 65.6 cm³/mol. The molecule has 2 atom stereocenters. The van der Waals surface area contributed by atoms with Gasteiger partial charge in [0.1, 0.15) is 0 Å². The summed E-state index contributed by atoms with van der Waals surface area (Å²) in [5.74, 6) is 2.04. The topological polar surface area (TPSA) is 20.3 Å². The van der Waals surface area contributed by atoms with E-state index in [0.29, 0.717) is 11.8 Å². The van der Waals surface area contributed by atoms with Crippen molar-refractivity contribution in [2.75, 3.05) is 18.2 Å². The number of rotatable bonds is 2. The maximum Gasteiger partial charge on any atom is 0.238 e. The van der Waals surface area contributed by atoms with E-state index in [1.165, 1.54) is 6.42 Å². The van der Waals surface area contributed by atoms with E-state index in [9.17, 15) is 4.79 Å². The summed E-state index contributed by atoms with van der Waals surface area (Å²) < 4.78 is -0.158. The highest BCUT2D eigenvalue weighted by Gasteiger charge is 2.42. The fraction of sp³-hybridized carbons (Fsp3) is 0.909. The monoisotopic (exact) mass is 247 g/mol. The van der Waals surface area contributed by atoms with Gasteiger partial charge in [-0.15, -0.1) is 23.4 Å². The lowest BCUT2D eigenvalue weighted by Gasteiger charge is -2.31. The van der Waals surface area contributed by atoms with E-state index in [1.54, 1.807) is 0 Å². The van der Waals surface area contributed by atoms with Crippen molar-refractivity contribution in [3.8, 4) is 0 Å². The molecule has 0 radical (unpaired) electrons. The van der Waals surface area contributed by atoms with Crippen molar-refractivity contribution in [2.45, 2.75) is 43.4 Å². The van der Waals surface area contributed by atoms with Crippen molar-refractivity contribution < 1.29 is 4.79 Å². The lowest BCUT2D eigenvalue weighted by atomic mass is 10.0. The van der Waals surface area contributed by atoms with Crippen LogP contribution in [-0.4, -0.2) is 39.8 Å². The summed E-state index contributed by atoms with van der Waals surface area (Å²) in [5, 5.41) is 0. The standard InChI is InChI=1S/C11H18ClNOS/c1-11(5-3-7-15-11)10(14)13-6-2-4-9(13)8-12/h9H,2-8H2,1H3/t9-,11?/m0/s1. The van der Waals surface area contributed by atoms with Crippen molar-refractivity contribution in [3.63, 3.8) is 0 Å². The Bertz CT molecular complexity index is 253. The smallest absolute Gasteiger partial charge is 0.238 e. The Labute approximate surface area is 101 Å². The van der Waals surface area contributed by atoms with Crippen molar-refractivity contribution in [1.29, 1.82) is 0 Å². The molecular formula is C11H18ClNOS. The van der Waals surface area contributed by atoms with Gasteiger partial charge in [0.05, 0.1) is 4.75 Å². The second kappa shape index (κ2) is 4.54. The first-order valence-electron chi connectivity index (χ1n) is 5.68. The number of halogens is 1. The molecular weight excluding hydrogens is 230 g/mol.